The molecule has 0 bridgehead atoms. The number of rotatable bonds is 8. The second-order valence-corrected chi connectivity index (χ2v) is 5.15. The molecule has 0 heterocycles. The van der Waals surface area contributed by atoms with Crippen molar-refractivity contribution in [2.24, 2.45) is 0 Å². The summed E-state index contributed by atoms with van der Waals surface area (Å²) in [5, 5.41) is 3.55. The van der Waals surface area contributed by atoms with Gasteiger partial charge in [0.05, 0.1) is 6.61 Å². The van der Waals surface area contributed by atoms with E-state index in [9.17, 15) is 0 Å². The zero-order valence-corrected chi connectivity index (χ0v) is 12.9. The molecule has 0 aliphatic heterocycles. The minimum Gasteiger partial charge on any atom is -0.494 e. The van der Waals surface area contributed by atoms with Crippen LogP contribution in [0.4, 0.5) is 0 Å². The molecule has 0 amide bonds. The van der Waals surface area contributed by atoms with Crippen LogP contribution in [-0.2, 0) is 0 Å². The maximum absolute atomic E-state index is 5.49. The normalized spacial score (nSPS) is 13.0. The highest BCUT2D eigenvalue weighted by Crippen LogP contribution is 2.19. The molecule has 0 fully saturated rings. The summed E-state index contributed by atoms with van der Waals surface area (Å²) in [6, 6.07) is 9.35. The molecular formula is C16H28N2O. The van der Waals surface area contributed by atoms with E-state index in [4.69, 9.17) is 4.74 Å². The molecule has 0 aliphatic carbocycles. The SMILES string of the molecule is CCNC(CN(C)C(C)C)c1ccc(OCC)cc1. The molecule has 1 unspecified atom stereocenters. The molecule has 0 aliphatic rings. The van der Waals surface area contributed by atoms with Gasteiger partial charge in [-0.05, 0) is 52.1 Å². The van der Waals surface area contributed by atoms with Gasteiger partial charge in [0.15, 0.2) is 0 Å². The van der Waals surface area contributed by atoms with E-state index in [0.717, 1.165) is 18.8 Å². The lowest BCUT2D eigenvalue weighted by Gasteiger charge is -2.28. The summed E-state index contributed by atoms with van der Waals surface area (Å²) in [4.78, 5) is 2.36. The van der Waals surface area contributed by atoms with Crippen molar-refractivity contribution in [1.29, 1.82) is 0 Å². The minimum absolute atomic E-state index is 0.369. The van der Waals surface area contributed by atoms with E-state index in [1.165, 1.54) is 5.56 Å². The van der Waals surface area contributed by atoms with Crippen molar-refractivity contribution in [2.45, 2.75) is 39.8 Å². The van der Waals surface area contributed by atoms with Gasteiger partial charge in [0.2, 0.25) is 0 Å². The maximum Gasteiger partial charge on any atom is 0.119 e. The summed E-state index contributed by atoms with van der Waals surface area (Å²) >= 11 is 0. The van der Waals surface area contributed by atoms with E-state index < -0.39 is 0 Å². The summed E-state index contributed by atoms with van der Waals surface area (Å²) < 4.78 is 5.49. The average molecular weight is 264 g/mol. The average Bonchev–Trinajstić information content (AvgIpc) is 2.39. The molecule has 3 heteroatoms. The van der Waals surface area contributed by atoms with Crippen LogP contribution in [0.2, 0.25) is 0 Å². The van der Waals surface area contributed by atoms with Crippen molar-refractivity contribution in [3.63, 3.8) is 0 Å². The van der Waals surface area contributed by atoms with Gasteiger partial charge in [-0.3, -0.25) is 0 Å². The van der Waals surface area contributed by atoms with Crippen LogP contribution in [0.3, 0.4) is 0 Å². The van der Waals surface area contributed by atoms with Crippen molar-refractivity contribution < 1.29 is 4.74 Å². The number of nitrogens with zero attached hydrogens (tertiary/aromatic N) is 1. The largest absolute Gasteiger partial charge is 0.494 e. The van der Waals surface area contributed by atoms with Gasteiger partial charge in [0.1, 0.15) is 5.75 Å². The summed E-state index contributed by atoms with van der Waals surface area (Å²) in [6.45, 7) is 11.3. The summed E-state index contributed by atoms with van der Waals surface area (Å²) in [7, 11) is 2.17. The molecule has 0 aromatic heterocycles. The fraction of sp³-hybridized carbons (Fsp3) is 0.625. The molecule has 1 aromatic carbocycles. The van der Waals surface area contributed by atoms with E-state index >= 15 is 0 Å². The van der Waals surface area contributed by atoms with Gasteiger partial charge in [0.25, 0.3) is 0 Å². The Labute approximate surface area is 118 Å². The number of likely N-dealkylation sites (N-methyl/N-ethyl adjacent to an activating group) is 2. The molecule has 0 saturated heterocycles. The number of hydrogen-bond acceptors (Lipinski definition) is 3. The fourth-order valence-electron chi connectivity index (χ4n) is 2.00. The Bertz CT molecular complexity index is 348. The molecule has 108 valence electrons. The first-order chi connectivity index (χ1) is 9.08. The van der Waals surface area contributed by atoms with E-state index in [-0.39, 0.29) is 0 Å². The molecular weight excluding hydrogens is 236 g/mol. The van der Waals surface area contributed by atoms with Crippen LogP contribution in [0.1, 0.15) is 39.3 Å². The lowest BCUT2D eigenvalue weighted by atomic mass is 10.1. The van der Waals surface area contributed by atoms with Gasteiger partial charge in [-0.1, -0.05) is 19.1 Å². The van der Waals surface area contributed by atoms with Crippen molar-refractivity contribution in [2.75, 3.05) is 26.7 Å². The van der Waals surface area contributed by atoms with Crippen molar-refractivity contribution >= 4 is 0 Å². The van der Waals surface area contributed by atoms with Crippen molar-refractivity contribution in [3.8, 4) is 5.75 Å². The molecule has 1 rings (SSSR count). The van der Waals surface area contributed by atoms with Crippen LogP contribution in [0.5, 0.6) is 5.75 Å². The van der Waals surface area contributed by atoms with Crippen LogP contribution in [0.25, 0.3) is 0 Å². The molecule has 1 aromatic rings. The van der Waals surface area contributed by atoms with Crippen molar-refractivity contribution in [1.82, 2.24) is 10.2 Å². The third-order valence-corrected chi connectivity index (χ3v) is 3.40. The predicted octanol–water partition coefficient (Wildman–Crippen LogP) is 3.08. The van der Waals surface area contributed by atoms with Gasteiger partial charge >= 0.3 is 0 Å². The standard InChI is InChI=1S/C16H28N2O/c1-6-17-16(12-18(5)13(3)4)14-8-10-15(11-9-14)19-7-2/h8-11,13,16-17H,6-7,12H2,1-5H3. The topological polar surface area (TPSA) is 24.5 Å². The molecule has 19 heavy (non-hydrogen) atoms. The molecule has 3 nitrogen and oxygen atoms in total. The Balaban J connectivity index is 2.74. The van der Waals surface area contributed by atoms with E-state index in [2.05, 4.69) is 62.3 Å². The van der Waals surface area contributed by atoms with Crippen LogP contribution in [0, 0.1) is 0 Å². The van der Waals surface area contributed by atoms with Gasteiger partial charge in [-0.15, -0.1) is 0 Å². The first-order valence-electron chi connectivity index (χ1n) is 7.24. The van der Waals surface area contributed by atoms with Gasteiger partial charge < -0.3 is 15.0 Å². The van der Waals surface area contributed by atoms with E-state index in [0.29, 0.717) is 18.7 Å². The second kappa shape index (κ2) is 8.18. The Morgan fingerprint density at radius 2 is 1.79 bits per heavy atom. The molecule has 1 atom stereocenters. The number of nitrogens with one attached hydrogen (secondary N) is 1. The first kappa shape index (κ1) is 16.0. The van der Waals surface area contributed by atoms with Crippen LogP contribution in [0.15, 0.2) is 24.3 Å². The highest BCUT2D eigenvalue weighted by atomic mass is 16.5. The van der Waals surface area contributed by atoms with Crippen LogP contribution >= 0.6 is 0 Å². The quantitative estimate of drug-likeness (QED) is 0.781. The van der Waals surface area contributed by atoms with Gasteiger partial charge in [-0.2, -0.15) is 0 Å². The second-order valence-electron chi connectivity index (χ2n) is 5.15. The highest BCUT2D eigenvalue weighted by Gasteiger charge is 2.14. The predicted molar refractivity (Wildman–Crippen MR) is 81.8 cm³/mol. The minimum atomic E-state index is 0.369. The lowest BCUT2D eigenvalue weighted by Crippen LogP contribution is -2.36. The zero-order valence-electron chi connectivity index (χ0n) is 12.9. The first-order valence-corrected chi connectivity index (χ1v) is 7.24. The Morgan fingerprint density at radius 3 is 2.26 bits per heavy atom. The zero-order chi connectivity index (χ0) is 14.3. The number of ether oxygens (including phenoxy) is 1. The Kier molecular flexibility index (Phi) is 6.89. The molecule has 1 N–H and O–H groups in total. The number of benzene rings is 1. The smallest absolute Gasteiger partial charge is 0.119 e. The molecule has 0 radical (unpaired) electrons. The monoisotopic (exact) mass is 264 g/mol. The Morgan fingerprint density at radius 1 is 1.16 bits per heavy atom. The third kappa shape index (κ3) is 5.21. The molecule has 0 saturated carbocycles. The van der Waals surface area contributed by atoms with Gasteiger partial charge in [-0.25, -0.2) is 0 Å². The third-order valence-electron chi connectivity index (χ3n) is 3.40. The summed E-state index contributed by atoms with van der Waals surface area (Å²) in [5.41, 5.74) is 1.32. The van der Waals surface area contributed by atoms with Gasteiger partial charge in [0, 0.05) is 18.6 Å². The maximum atomic E-state index is 5.49. The van der Waals surface area contributed by atoms with Crippen molar-refractivity contribution in [3.05, 3.63) is 29.8 Å². The fourth-order valence-corrected chi connectivity index (χ4v) is 2.00. The van der Waals surface area contributed by atoms with Crippen LogP contribution in [-0.4, -0.2) is 37.7 Å². The van der Waals surface area contributed by atoms with Crippen LogP contribution < -0.4 is 10.1 Å². The summed E-state index contributed by atoms with van der Waals surface area (Å²) in [6.07, 6.45) is 0. The highest BCUT2D eigenvalue weighted by molar-refractivity contribution is 5.29. The van der Waals surface area contributed by atoms with E-state index in [1.807, 2.05) is 6.92 Å². The lowest BCUT2D eigenvalue weighted by molar-refractivity contribution is 0.243. The Hall–Kier alpha value is -1.06. The summed E-state index contributed by atoms with van der Waals surface area (Å²) in [5.74, 6) is 0.943. The van der Waals surface area contributed by atoms with E-state index in [1.54, 1.807) is 0 Å². The molecule has 0 spiro atoms. The number of hydrogen-bond donors (Lipinski definition) is 1.